The number of carbonyl (C=O) groups excluding carboxylic acids is 2. The maximum atomic E-state index is 13.1. The molecule has 2 aromatic carbocycles. The molecule has 1 fully saturated rings. The Morgan fingerprint density at radius 1 is 1.10 bits per heavy atom. The molecule has 0 spiro atoms. The minimum absolute atomic E-state index is 0.0793. The smallest absolute Gasteiger partial charge is 0.331 e. The number of rotatable bonds is 5. The zero-order chi connectivity index (χ0) is 20.9. The van der Waals surface area contributed by atoms with Crippen LogP contribution >= 0.6 is 11.6 Å². The van der Waals surface area contributed by atoms with E-state index >= 15 is 0 Å². The molecule has 2 heterocycles. The number of amides is 3. The van der Waals surface area contributed by atoms with Crippen LogP contribution in [0.25, 0.3) is 0 Å². The molecule has 0 aromatic heterocycles. The van der Waals surface area contributed by atoms with E-state index in [-0.39, 0.29) is 17.9 Å². The van der Waals surface area contributed by atoms with Crippen molar-refractivity contribution in [3.63, 3.8) is 0 Å². The molecule has 0 radical (unpaired) electrons. The number of hydrogen-bond acceptors (Lipinski definition) is 4. The average molecular weight is 428 g/mol. The van der Waals surface area contributed by atoms with Crippen LogP contribution in [-0.4, -0.2) is 49.6 Å². The lowest BCUT2D eigenvalue weighted by Crippen LogP contribution is -2.54. The highest BCUT2D eigenvalue weighted by molar-refractivity contribution is 6.32. The number of para-hydroxylation sites is 2. The fourth-order valence-electron chi connectivity index (χ4n) is 4.12. The first-order chi connectivity index (χ1) is 14.6. The molecule has 1 atom stereocenters. The van der Waals surface area contributed by atoms with Gasteiger partial charge in [0, 0.05) is 32.6 Å². The summed E-state index contributed by atoms with van der Waals surface area (Å²) in [7, 11) is 0. The van der Waals surface area contributed by atoms with Crippen LogP contribution in [0.5, 0.6) is 5.75 Å². The molecule has 2 aromatic rings. The molecule has 0 saturated carbocycles. The predicted molar refractivity (Wildman–Crippen MR) is 117 cm³/mol. The molecule has 0 aliphatic carbocycles. The zero-order valence-electron chi connectivity index (χ0n) is 16.9. The van der Waals surface area contributed by atoms with Gasteiger partial charge < -0.3 is 15.0 Å². The van der Waals surface area contributed by atoms with Crippen molar-refractivity contribution >= 4 is 29.2 Å². The Labute approximate surface area is 181 Å². The number of piperazine rings is 1. The number of nitrogens with zero attached hydrogens (tertiary/aromatic N) is 2. The quantitative estimate of drug-likeness (QED) is 0.731. The van der Waals surface area contributed by atoms with Gasteiger partial charge in [0.15, 0.2) is 0 Å². The minimum atomic E-state index is -0.213. The second-order valence-electron chi connectivity index (χ2n) is 7.63. The maximum Gasteiger partial charge on any atom is 0.331 e. The van der Waals surface area contributed by atoms with Crippen molar-refractivity contribution in [3.05, 3.63) is 59.1 Å². The van der Waals surface area contributed by atoms with Gasteiger partial charge in [-0.05, 0) is 42.5 Å². The fraction of sp³-hybridized carbons (Fsp3) is 0.391. The third-order valence-corrected chi connectivity index (χ3v) is 5.97. The van der Waals surface area contributed by atoms with E-state index in [1.54, 1.807) is 11.0 Å². The summed E-state index contributed by atoms with van der Waals surface area (Å²) < 4.78 is 5.79. The number of hydrogen-bond donors (Lipinski definition) is 1. The molecule has 2 aliphatic rings. The van der Waals surface area contributed by atoms with Crippen molar-refractivity contribution in [2.24, 2.45) is 0 Å². The topological polar surface area (TPSA) is 61.9 Å². The summed E-state index contributed by atoms with van der Waals surface area (Å²) >= 11 is 6.13. The van der Waals surface area contributed by atoms with Crippen molar-refractivity contribution in [2.45, 2.75) is 25.2 Å². The van der Waals surface area contributed by atoms with Crippen LogP contribution < -0.4 is 15.0 Å². The Morgan fingerprint density at radius 2 is 1.83 bits per heavy atom. The second kappa shape index (κ2) is 9.49. The number of ether oxygens (including phenoxy) is 1. The normalized spacial score (nSPS) is 18.8. The van der Waals surface area contributed by atoms with E-state index in [1.165, 1.54) is 4.90 Å². The largest absolute Gasteiger partial charge is 0.492 e. The number of imide groups is 1. The fourth-order valence-corrected chi connectivity index (χ4v) is 4.31. The summed E-state index contributed by atoms with van der Waals surface area (Å²) in [5.41, 5.74) is 1.77. The van der Waals surface area contributed by atoms with Crippen molar-refractivity contribution in [1.82, 2.24) is 10.2 Å². The van der Waals surface area contributed by atoms with Gasteiger partial charge in [0.05, 0.1) is 17.3 Å². The van der Waals surface area contributed by atoms with Crippen molar-refractivity contribution in [2.75, 3.05) is 37.7 Å². The van der Waals surface area contributed by atoms with E-state index in [0.29, 0.717) is 42.6 Å². The van der Waals surface area contributed by atoms with E-state index in [0.717, 1.165) is 31.5 Å². The lowest BCUT2D eigenvalue weighted by atomic mass is 9.86. The van der Waals surface area contributed by atoms with E-state index in [9.17, 15) is 9.59 Å². The molecular formula is C23H26ClN3O3. The zero-order valence-corrected chi connectivity index (χ0v) is 17.6. The standard InChI is InChI=1S/C23H26ClN3O3/c24-19-8-2-4-10-21(19)30-15-5-6-17-16-22(28)27(20-9-3-1-7-18(17)20)23(29)26-13-11-25-12-14-26/h1-4,7-10,17,25H,5-6,11-16H2. The van der Waals surface area contributed by atoms with Crippen LogP contribution in [0.2, 0.25) is 5.02 Å². The Hall–Kier alpha value is -2.57. The van der Waals surface area contributed by atoms with E-state index in [2.05, 4.69) is 5.32 Å². The molecule has 1 N–H and O–H groups in total. The van der Waals surface area contributed by atoms with Crippen LogP contribution in [0.15, 0.2) is 48.5 Å². The Balaban J connectivity index is 1.43. The molecule has 0 bridgehead atoms. The third-order valence-electron chi connectivity index (χ3n) is 5.66. The number of anilines is 1. The highest BCUT2D eigenvalue weighted by Gasteiger charge is 2.36. The van der Waals surface area contributed by atoms with Gasteiger partial charge in [0.1, 0.15) is 5.75 Å². The lowest BCUT2D eigenvalue weighted by molar-refractivity contribution is -0.118. The summed E-state index contributed by atoms with van der Waals surface area (Å²) in [4.78, 5) is 29.1. The van der Waals surface area contributed by atoms with Gasteiger partial charge in [-0.3, -0.25) is 4.79 Å². The van der Waals surface area contributed by atoms with Crippen LogP contribution in [0.3, 0.4) is 0 Å². The second-order valence-corrected chi connectivity index (χ2v) is 8.04. The van der Waals surface area contributed by atoms with Crippen molar-refractivity contribution < 1.29 is 14.3 Å². The molecule has 1 saturated heterocycles. The summed E-state index contributed by atoms with van der Waals surface area (Å²) in [5.74, 6) is 0.622. The highest BCUT2D eigenvalue weighted by Crippen LogP contribution is 2.39. The number of fused-ring (bicyclic) bond motifs is 1. The SMILES string of the molecule is O=C1CC(CCCOc2ccccc2Cl)c2ccccc2N1C(=O)N1CCNCC1. The molecule has 2 aliphatic heterocycles. The molecular weight excluding hydrogens is 402 g/mol. The van der Waals surface area contributed by atoms with Crippen LogP contribution in [0.1, 0.15) is 30.7 Å². The number of carbonyl (C=O) groups is 2. The van der Waals surface area contributed by atoms with Gasteiger partial charge in [-0.25, -0.2) is 9.69 Å². The summed E-state index contributed by atoms with van der Waals surface area (Å²) in [6.45, 7) is 3.27. The highest BCUT2D eigenvalue weighted by atomic mass is 35.5. The van der Waals surface area contributed by atoms with Crippen LogP contribution in [-0.2, 0) is 4.79 Å². The number of nitrogens with one attached hydrogen (secondary N) is 1. The van der Waals surface area contributed by atoms with E-state index in [1.807, 2.05) is 42.5 Å². The number of halogens is 1. The van der Waals surface area contributed by atoms with Crippen molar-refractivity contribution in [1.29, 1.82) is 0 Å². The molecule has 30 heavy (non-hydrogen) atoms. The Morgan fingerprint density at radius 3 is 2.63 bits per heavy atom. The molecule has 6 nitrogen and oxygen atoms in total. The first kappa shape index (κ1) is 20.7. The molecule has 3 amide bonds. The van der Waals surface area contributed by atoms with E-state index in [4.69, 9.17) is 16.3 Å². The maximum absolute atomic E-state index is 13.1. The summed E-state index contributed by atoms with van der Waals surface area (Å²) in [6, 6.07) is 14.9. The monoisotopic (exact) mass is 427 g/mol. The number of urea groups is 1. The Kier molecular flexibility index (Phi) is 6.55. The van der Waals surface area contributed by atoms with Gasteiger partial charge in [0.25, 0.3) is 0 Å². The summed E-state index contributed by atoms with van der Waals surface area (Å²) in [6.07, 6.45) is 1.94. The van der Waals surface area contributed by atoms with Crippen molar-refractivity contribution in [3.8, 4) is 5.75 Å². The van der Waals surface area contributed by atoms with Gasteiger partial charge in [-0.15, -0.1) is 0 Å². The molecule has 7 heteroatoms. The van der Waals surface area contributed by atoms with Gasteiger partial charge in [0.2, 0.25) is 5.91 Å². The first-order valence-corrected chi connectivity index (χ1v) is 10.8. The predicted octanol–water partition coefficient (Wildman–Crippen LogP) is 4.04. The number of benzene rings is 2. The van der Waals surface area contributed by atoms with Gasteiger partial charge in [-0.2, -0.15) is 0 Å². The van der Waals surface area contributed by atoms with Crippen LogP contribution in [0, 0.1) is 0 Å². The molecule has 1 unspecified atom stereocenters. The summed E-state index contributed by atoms with van der Waals surface area (Å²) in [5, 5.41) is 3.83. The average Bonchev–Trinajstić information content (AvgIpc) is 2.78. The minimum Gasteiger partial charge on any atom is -0.492 e. The molecule has 158 valence electrons. The van der Waals surface area contributed by atoms with Gasteiger partial charge in [-0.1, -0.05) is 41.9 Å². The first-order valence-electron chi connectivity index (χ1n) is 10.4. The van der Waals surface area contributed by atoms with Crippen LogP contribution in [0.4, 0.5) is 10.5 Å². The third kappa shape index (κ3) is 4.45. The Bertz CT molecular complexity index is 914. The molecule has 4 rings (SSSR count). The lowest BCUT2D eigenvalue weighted by Gasteiger charge is -2.37. The van der Waals surface area contributed by atoms with E-state index < -0.39 is 0 Å². The van der Waals surface area contributed by atoms with Gasteiger partial charge >= 0.3 is 6.03 Å².